The van der Waals surface area contributed by atoms with Crippen molar-refractivity contribution in [1.29, 1.82) is 0 Å². The van der Waals surface area contributed by atoms with Gasteiger partial charge in [0, 0.05) is 47.5 Å². The van der Waals surface area contributed by atoms with Crippen molar-refractivity contribution in [2.45, 2.75) is 6.92 Å². The second kappa shape index (κ2) is 8.28. The zero-order valence-electron chi connectivity index (χ0n) is 19.4. The molecule has 0 spiro atoms. The van der Waals surface area contributed by atoms with Gasteiger partial charge in [-0.25, -0.2) is 14.3 Å². The predicted molar refractivity (Wildman–Crippen MR) is 141 cm³/mol. The topological polar surface area (TPSA) is 98.5 Å². The van der Waals surface area contributed by atoms with Crippen LogP contribution in [-0.2, 0) is 7.05 Å². The van der Waals surface area contributed by atoms with Crippen LogP contribution in [0.4, 0.5) is 0 Å². The van der Waals surface area contributed by atoms with Crippen molar-refractivity contribution >= 4 is 33.3 Å². The largest absolute Gasteiger partial charge is 0.333 e. The summed E-state index contributed by atoms with van der Waals surface area (Å²) in [4.78, 5) is 38.0. The molecule has 1 N–H and O–H groups in total. The number of rotatable bonds is 3. The number of nitrogens with zero attached hydrogens (tertiary/aromatic N) is 5. The molecule has 0 aliphatic heterocycles. The lowest BCUT2D eigenvalue weighted by Crippen LogP contribution is -2.33. The van der Waals surface area contributed by atoms with Crippen molar-refractivity contribution in [3.05, 3.63) is 105 Å². The number of aromatic nitrogens is 6. The van der Waals surface area contributed by atoms with E-state index in [2.05, 4.69) is 20.1 Å². The molecule has 0 fully saturated rings. The van der Waals surface area contributed by atoms with E-state index < -0.39 is 11.2 Å². The summed E-state index contributed by atoms with van der Waals surface area (Å²) in [7, 11) is 1.86. The average molecular weight is 495 g/mol. The summed E-state index contributed by atoms with van der Waals surface area (Å²) in [6.07, 6.45) is 6.78. The summed E-state index contributed by atoms with van der Waals surface area (Å²) in [5.74, 6) is 0. The smallest absolute Gasteiger partial charge is 0.306 e. The molecule has 0 atom stereocenters. The summed E-state index contributed by atoms with van der Waals surface area (Å²) in [6, 6.07) is 14.6. The zero-order chi connectivity index (χ0) is 25.0. The van der Waals surface area contributed by atoms with Crippen LogP contribution in [0.3, 0.4) is 0 Å². The number of aryl methyl sites for hydroxylation is 2. The van der Waals surface area contributed by atoms with Gasteiger partial charge in [0.05, 0.1) is 28.5 Å². The molecule has 9 heteroatoms. The number of nitrogens with one attached hydrogen (secondary N) is 1. The van der Waals surface area contributed by atoms with E-state index in [0.29, 0.717) is 32.9 Å². The highest BCUT2D eigenvalue weighted by atomic mass is 35.5. The van der Waals surface area contributed by atoms with Crippen LogP contribution in [0.5, 0.6) is 0 Å². The monoisotopic (exact) mass is 494 g/mol. The van der Waals surface area contributed by atoms with Crippen molar-refractivity contribution in [2.75, 3.05) is 0 Å². The van der Waals surface area contributed by atoms with Crippen molar-refractivity contribution in [3.8, 4) is 28.1 Å². The molecule has 6 rings (SSSR count). The number of H-pyrrole nitrogens is 1. The van der Waals surface area contributed by atoms with Gasteiger partial charge in [-0.1, -0.05) is 41.9 Å². The molecule has 0 radical (unpaired) electrons. The van der Waals surface area contributed by atoms with Crippen LogP contribution in [0.15, 0.2) is 82.9 Å². The maximum atomic E-state index is 13.5. The first kappa shape index (κ1) is 21.9. The van der Waals surface area contributed by atoms with Crippen LogP contribution in [-0.4, -0.2) is 29.3 Å². The van der Waals surface area contributed by atoms with E-state index in [1.165, 1.54) is 6.20 Å². The molecule has 0 bridgehead atoms. The van der Waals surface area contributed by atoms with Crippen molar-refractivity contribution in [2.24, 2.45) is 7.05 Å². The van der Waals surface area contributed by atoms with Gasteiger partial charge in [-0.3, -0.25) is 14.5 Å². The molecule has 8 nitrogen and oxygen atoms in total. The molecule has 0 saturated carbocycles. The number of benzene rings is 2. The molecule has 0 amide bonds. The Balaban J connectivity index is 1.57. The minimum Gasteiger partial charge on any atom is -0.306 e. The number of halogens is 1. The van der Waals surface area contributed by atoms with E-state index in [1.807, 2.05) is 50.5 Å². The van der Waals surface area contributed by atoms with E-state index in [1.54, 1.807) is 35.3 Å². The molecule has 0 aliphatic carbocycles. The first-order valence-corrected chi connectivity index (χ1v) is 11.6. The lowest BCUT2D eigenvalue weighted by Gasteiger charge is -2.12. The van der Waals surface area contributed by atoms with Crippen molar-refractivity contribution < 1.29 is 0 Å². The molecule has 2 aromatic carbocycles. The van der Waals surface area contributed by atoms with Gasteiger partial charge >= 0.3 is 5.69 Å². The van der Waals surface area contributed by atoms with Crippen LogP contribution in [0, 0.1) is 6.92 Å². The maximum Gasteiger partial charge on any atom is 0.333 e. The predicted octanol–water partition coefficient (Wildman–Crippen LogP) is 4.65. The Morgan fingerprint density at radius 1 is 1.00 bits per heavy atom. The fourth-order valence-electron chi connectivity index (χ4n) is 4.65. The van der Waals surface area contributed by atoms with Gasteiger partial charge in [-0.05, 0) is 36.2 Å². The van der Waals surface area contributed by atoms with Gasteiger partial charge in [0.25, 0.3) is 5.56 Å². The van der Waals surface area contributed by atoms with Gasteiger partial charge in [-0.2, -0.15) is 5.10 Å². The molecule has 176 valence electrons. The molecule has 6 aromatic rings. The van der Waals surface area contributed by atoms with Crippen molar-refractivity contribution in [1.82, 2.24) is 29.3 Å². The molecule has 4 aromatic heterocycles. The molecule has 0 aliphatic rings. The molecule has 0 saturated heterocycles. The van der Waals surface area contributed by atoms with E-state index in [0.717, 1.165) is 32.2 Å². The Hall–Kier alpha value is -4.56. The normalized spacial score (nSPS) is 11.4. The maximum absolute atomic E-state index is 13.5. The van der Waals surface area contributed by atoms with Crippen LogP contribution in [0.25, 0.3) is 49.7 Å². The highest BCUT2D eigenvalue weighted by Gasteiger charge is 2.18. The van der Waals surface area contributed by atoms with Gasteiger partial charge in [0.2, 0.25) is 0 Å². The fourth-order valence-corrected chi connectivity index (χ4v) is 4.92. The van der Waals surface area contributed by atoms with Crippen molar-refractivity contribution in [3.63, 3.8) is 0 Å². The first-order chi connectivity index (χ1) is 17.4. The number of hydrogen-bond donors (Lipinski definition) is 1. The standard InChI is InChI=1S/C27H19ClN6O2/c1-15-14-33(2)32-24(15)20-9-10-30-25(28)23(20)16-7-8-19-21(11-16)31-27(36)34(26(19)35)22-13-29-12-17-5-3-4-6-18(17)22/h3-14H,1-2H3,(H,31,36). The number of aromatic amines is 1. The van der Waals surface area contributed by atoms with Crippen LogP contribution in [0.2, 0.25) is 5.15 Å². The zero-order valence-corrected chi connectivity index (χ0v) is 20.1. The molecular formula is C27H19ClN6O2. The Labute approximate surface area is 209 Å². The van der Waals surface area contributed by atoms with Gasteiger partial charge in [0.15, 0.2) is 0 Å². The van der Waals surface area contributed by atoms with Gasteiger partial charge in [0.1, 0.15) is 5.15 Å². The molecule has 36 heavy (non-hydrogen) atoms. The summed E-state index contributed by atoms with van der Waals surface area (Å²) in [6.45, 7) is 1.98. The average Bonchev–Trinajstić information content (AvgIpc) is 3.21. The van der Waals surface area contributed by atoms with Crippen LogP contribution >= 0.6 is 11.6 Å². The molecular weight excluding hydrogens is 476 g/mol. The van der Waals surface area contributed by atoms with E-state index >= 15 is 0 Å². The fraction of sp³-hybridized carbons (Fsp3) is 0.0741. The number of pyridine rings is 2. The van der Waals surface area contributed by atoms with Crippen LogP contribution < -0.4 is 11.2 Å². The highest BCUT2D eigenvalue weighted by Crippen LogP contribution is 2.37. The van der Waals surface area contributed by atoms with E-state index in [9.17, 15) is 9.59 Å². The lowest BCUT2D eigenvalue weighted by atomic mass is 9.97. The Bertz CT molecular complexity index is 1930. The summed E-state index contributed by atoms with van der Waals surface area (Å²) < 4.78 is 2.86. The Morgan fingerprint density at radius 2 is 1.83 bits per heavy atom. The number of hydrogen-bond acceptors (Lipinski definition) is 5. The van der Waals surface area contributed by atoms with Crippen LogP contribution in [0.1, 0.15) is 5.56 Å². The number of fused-ring (bicyclic) bond motifs is 2. The molecule has 0 unspecified atom stereocenters. The summed E-state index contributed by atoms with van der Waals surface area (Å²) in [5, 5.41) is 6.84. The summed E-state index contributed by atoms with van der Waals surface area (Å²) >= 11 is 6.56. The molecule has 4 heterocycles. The third-order valence-electron chi connectivity index (χ3n) is 6.25. The minimum atomic E-state index is -0.555. The second-order valence-electron chi connectivity index (χ2n) is 8.57. The quantitative estimate of drug-likeness (QED) is 0.361. The second-order valence-corrected chi connectivity index (χ2v) is 8.93. The van der Waals surface area contributed by atoms with E-state index in [4.69, 9.17) is 11.6 Å². The SMILES string of the molecule is Cc1cn(C)nc1-c1ccnc(Cl)c1-c1ccc2c(=O)n(-c3cncc4ccccc34)c(=O)[nH]c2c1. The lowest BCUT2D eigenvalue weighted by molar-refractivity contribution is 0.770. The third kappa shape index (κ3) is 3.42. The Morgan fingerprint density at radius 3 is 2.64 bits per heavy atom. The van der Waals surface area contributed by atoms with Gasteiger partial charge < -0.3 is 4.98 Å². The Kier molecular flexibility index (Phi) is 5.05. The highest BCUT2D eigenvalue weighted by molar-refractivity contribution is 6.33. The minimum absolute atomic E-state index is 0.300. The van der Waals surface area contributed by atoms with Gasteiger partial charge in [-0.15, -0.1) is 0 Å². The summed E-state index contributed by atoms with van der Waals surface area (Å²) in [5.41, 5.74) is 3.80. The third-order valence-corrected chi connectivity index (χ3v) is 6.53. The van der Waals surface area contributed by atoms with E-state index in [-0.39, 0.29) is 0 Å². The first-order valence-electron chi connectivity index (χ1n) is 11.2.